The third-order valence-corrected chi connectivity index (χ3v) is 4.08. The number of nitrogens with zero attached hydrogens (tertiary/aromatic N) is 5. The molecule has 0 aliphatic carbocycles. The first-order valence-electron chi connectivity index (χ1n) is 6.48. The zero-order valence-electron chi connectivity index (χ0n) is 11.7. The number of fused-ring (bicyclic) bond motifs is 1. The van der Waals surface area contributed by atoms with E-state index < -0.39 is 0 Å². The molecule has 0 aliphatic heterocycles. The zero-order valence-corrected chi connectivity index (χ0v) is 12.6. The molecule has 2 heterocycles. The van der Waals surface area contributed by atoms with Gasteiger partial charge in [-0.15, -0.1) is 10.2 Å². The SMILES string of the molecule is Cc1cc2nnc(SCc3cccc(C#N)c3)n2c(C)n1. The fraction of sp³-hybridized carbons (Fsp3) is 0.200. The zero-order chi connectivity index (χ0) is 14.8. The summed E-state index contributed by atoms with van der Waals surface area (Å²) in [6.45, 7) is 3.89. The minimum absolute atomic E-state index is 0.674. The van der Waals surface area contributed by atoms with Crippen molar-refractivity contribution in [1.29, 1.82) is 5.26 Å². The van der Waals surface area contributed by atoms with Gasteiger partial charge in [0, 0.05) is 17.5 Å². The van der Waals surface area contributed by atoms with E-state index in [-0.39, 0.29) is 0 Å². The van der Waals surface area contributed by atoms with E-state index >= 15 is 0 Å². The minimum Gasteiger partial charge on any atom is -0.258 e. The van der Waals surface area contributed by atoms with Crippen molar-refractivity contribution in [2.45, 2.75) is 24.8 Å². The van der Waals surface area contributed by atoms with Gasteiger partial charge in [-0.3, -0.25) is 4.40 Å². The van der Waals surface area contributed by atoms with E-state index in [0.717, 1.165) is 33.6 Å². The van der Waals surface area contributed by atoms with Gasteiger partial charge in [-0.2, -0.15) is 5.26 Å². The van der Waals surface area contributed by atoms with Gasteiger partial charge in [0.2, 0.25) is 0 Å². The average Bonchev–Trinajstić information content (AvgIpc) is 2.88. The van der Waals surface area contributed by atoms with Crippen molar-refractivity contribution in [2.24, 2.45) is 0 Å². The molecule has 5 nitrogen and oxygen atoms in total. The van der Waals surface area contributed by atoms with Gasteiger partial charge < -0.3 is 0 Å². The van der Waals surface area contributed by atoms with Crippen LogP contribution in [-0.4, -0.2) is 19.6 Å². The van der Waals surface area contributed by atoms with Gasteiger partial charge >= 0.3 is 0 Å². The molecule has 0 spiro atoms. The van der Waals surface area contributed by atoms with Crippen LogP contribution in [0.5, 0.6) is 0 Å². The lowest BCUT2D eigenvalue weighted by atomic mass is 10.2. The van der Waals surface area contributed by atoms with E-state index in [4.69, 9.17) is 5.26 Å². The standard InChI is InChI=1S/C15H13N5S/c1-10-6-14-18-19-15(20(14)11(2)17-10)21-9-13-5-3-4-12(7-13)8-16/h3-7H,9H2,1-2H3. The molecule has 0 radical (unpaired) electrons. The summed E-state index contributed by atoms with van der Waals surface area (Å²) in [6.07, 6.45) is 0. The summed E-state index contributed by atoms with van der Waals surface area (Å²) >= 11 is 1.59. The van der Waals surface area contributed by atoms with Crippen LogP contribution in [0.1, 0.15) is 22.6 Å². The first-order valence-corrected chi connectivity index (χ1v) is 7.47. The Morgan fingerprint density at radius 1 is 1.24 bits per heavy atom. The maximum atomic E-state index is 8.93. The third-order valence-electron chi connectivity index (χ3n) is 3.08. The Morgan fingerprint density at radius 3 is 2.90 bits per heavy atom. The molecule has 6 heteroatoms. The molecule has 2 aromatic heterocycles. The average molecular weight is 295 g/mol. The summed E-state index contributed by atoms with van der Waals surface area (Å²) < 4.78 is 1.95. The fourth-order valence-corrected chi connectivity index (χ4v) is 3.10. The third kappa shape index (κ3) is 2.73. The van der Waals surface area contributed by atoms with Crippen LogP contribution in [0, 0.1) is 25.2 Å². The Labute approximate surface area is 126 Å². The predicted molar refractivity (Wildman–Crippen MR) is 81.0 cm³/mol. The molecule has 0 fully saturated rings. The van der Waals surface area contributed by atoms with Crippen LogP contribution in [0.4, 0.5) is 0 Å². The molecule has 104 valence electrons. The summed E-state index contributed by atoms with van der Waals surface area (Å²) in [5.74, 6) is 1.62. The highest BCUT2D eigenvalue weighted by Crippen LogP contribution is 2.23. The Bertz CT molecular complexity index is 847. The predicted octanol–water partition coefficient (Wildman–Crippen LogP) is 2.91. The van der Waals surface area contributed by atoms with Crippen LogP contribution in [0.3, 0.4) is 0 Å². The van der Waals surface area contributed by atoms with Crippen LogP contribution < -0.4 is 0 Å². The topological polar surface area (TPSA) is 66.9 Å². The molecule has 21 heavy (non-hydrogen) atoms. The molecule has 0 amide bonds. The maximum Gasteiger partial charge on any atom is 0.197 e. The highest BCUT2D eigenvalue weighted by molar-refractivity contribution is 7.98. The van der Waals surface area contributed by atoms with E-state index in [2.05, 4.69) is 21.3 Å². The lowest BCUT2D eigenvalue weighted by molar-refractivity contribution is 0.854. The van der Waals surface area contributed by atoms with Gasteiger partial charge in [-0.1, -0.05) is 23.9 Å². The summed E-state index contributed by atoms with van der Waals surface area (Å²) in [5.41, 5.74) is 3.51. The Morgan fingerprint density at radius 2 is 2.10 bits per heavy atom. The quantitative estimate of drug-likeness (QED) is 0.695. The monoisotopic (exact) mass is 295 g/mol. The van der Waals surface area contributed by atoms with Crippen molar-refractivity contribution >= 4 is 17.4 Å². The molecule has 0 saturated heterocycles. The van der Waals surface area contributed by atoms with Crippen LogP contribution >= 0.6 is 11.8 Å². The minimum atomic E-state index is 0.674. The van der Waals surface area contributed by atoms with Crippen LogP contribution in [0.15, 0.2) is 35.5 Å². The summed E-state index contributed by atoms with van der Waals surface area (Å²) in [6, 6.07) is 11.7. The van der Waals surface area contributed by atoms with Crippen molar-refractivity contribution in [2.75, 3.05) is 0 Å². The molecule has 0 atom stereocenters. The highest BCUT2D eigenvalue weighted by atomic mass is 32.2. The van der Waals surface area contributed by atoms with Crippen molar-refractivity contribution in [3.8, 4) is 6.07 Å². The number of thioether (sulfide) groups is 1. The molecule has 1 aromatic carbocycles. The number of benzene rings is 1. The van der Waals surface area contributed by atoms with Gasteiger partial charge in [-0.25, -0.2) is 4.98 Å². The number of hydrogen-bond donors (Lipinski definition) is 0. The Kier molecular flexibility index (Phi) is 3.59. The van der Waals surface area contributed by atoms with E-state index in [1.54, 1.807) is 17.8 Å². The smallest absolute Gasteiger partial charge is 0.197 e. The molecule has 0 aliphatic rings. The van der Waals surface area contributed by atoms with Gasteiger partial charge in [-0.05, 0) is 31.5 Å². The molecule has 0 unspecified atom stereocenters. The normalized spacial score (nSPS) is 10.7. The van der Waals surface area contributed by atoms with Crippen LogP contribution in [-0.2, 0) is 5.75 Å². The number of aromatic nitrogens is 4. The van der Waals surface area contributed by atoms with Crippen molar-refractivity contribution in [3.05, 3.63) is 53.0 Å². The number of rotatable bonds is 3. The van der Waals surface area contributed by atoms with Crippen LogP contribution in [0.2, 0.25) is 0 Å². The van der Waals surface area contributed by atoms with E-state index in [1.165, 1.54) is 0 Å². The lowest BCUT2D eigenvalue weighted by Crippen LogP contribution is -1.98. The summed E-state index contributed by atoms with van der Waals surface area (Å²) in [4.78, 5) is 4.44. The number of nitriles is 1. The van der Waals surface area contributed by atoms with E-state index in [9.17, 15) is 0 Å². The molecule has 3 rings (SSSR count). The van der Waals surface area contributed by atoms with E-state index in [1.807, 2.05) is 42.5 Å². The summed E-state index contributed by atoms with van der Waals surface area (Å²) in [7, 11) is 0. The van der Waals surface area contributed by atoms with Gasteiger partial charge in [0.25, 0.3) is 0 Å². The molecule has 0 saturated carbocycles. The van der Waals surface area contributed by atoms with E-state index in [0.29, 0.717) is 5.56 Å². The first-order chi connectivity index (χ1) is 10.2. The fourth-order valence-electron chi connectivity index (χ4n) is 2.18. The molecular formula is C15H13N5S. The Hall–Kier alpha value is -2.39. The van der Waals surface area contributed by atoms with Crippen molar-refractivity contribution in [3.63, 3.8) is 0 Å². The highest BCUT2D eigenvalue weighted by Gasteiger charge is 2.10. The van der Waals surface area contributed by atoms with Gasteiger partial charge in [0.1, 0.15) is 5.82 Å². The largest absolute Gasteiger partial charge is 0.258 e. The molecular weight excluding hydrogens is 282 g/mol. The maximum absolute atomic E-state index is 8.93. The number of hydrogen-bond acceptors (Lipinski definition) is 5. The second-order valence-electron chi connectivity index (χ2n) is 4.72. The second kappa shape index (κ2) is 5.54. The van der Waals surface area contributed by atoms with Crippen molar-refractivity contribution < 1.29 is 0 Å². The molecule has 0 N–H and O–H groups in total. The Balaban J connectivity index is 1.87. The van der Waals surface area contributed by atoms with Crippen LogP contribution in [0.25, 0.3) is 5.65 Å². The number of aryl methyl sites for hydroxylation is 2. The second-order valence-corrected chi connectivity index (χ2v) is 5.66. The van der Waals surface area contributed by atoms with Gasteiger partial charge in [0.15, 0.2) is 10.8 Å². The first kappa shape index (κ1) is 13.6. The van der Waals surface area contributed by atoms with Crippen molar-refractivity contribution in [1.82, 2.24) is 19.6 Å². The summed E-state index contributed by atoms with van der Waals surface area (Å²) in [5, 5.41) is 18.2. The van der Waals surface area contributed by atoms with Gasteiger partial charge in [0.05, 0.1) is 11.6 Å². The lowest BCUT2D eigenvalue weighted by Gasteiger charge is -2.04. The molecule has 3 aromatic rings. The molecule has 0 bridgehead atoms.